The molecule has 0 aliphatic carbocycles. The zero-order valence-corrected chi connectivity index (χ0v) is 19.8. The molecule has 179 valence electrons. The van der Waals surface area contributed by atoms with Crippen LogP contribution < -0.4 is 15.9 Å². The predicted molar refractivity (Wildman–Crippen MR) is 98.6 cm³/mol. The van der Waals surface area contributed by atoms with Gasteiger partial charge in [-0.05, 0) is 13.0 Å². The van der Waals surface area contributed by atoms with Gasteiger partial charge in [0.05, 0.1) is 30.8 Å². The number of carboxylic acids is 4. The Morgan fingerprint density at radius 2 is 1.19 bits per heavy atom. The van der Waals surface area contributed by atoms with Crippen molar-refractivity contribution in [3.63, 3.8) is 0 Å². The van der Waals surface area contributed by atoms with Crippen molar-refractivity contribution in [3.05, 3.63) is 0 Å². The fourth-order valence-electron chi connectivity index (χ4n) is 2.72. The Morgan fingerprint density at radius 3 is 1.45 bits per heavy atom. The molecule has 1 unspecified atom stereocenters. The summed E-state index contributed by atoms with van der Waals surface area (Å²) >= 11 is 0. The third kappa shape index (κ3) is 16.7. The number of carbonyl (C=O) groups excluding carboxylic acids is 2. The van der Waals surface area contributed by atoms with Gasteiger partial charge in [-0.25, -0.2) is 0 Å². The molecule has 0 aromatic heterocycles. The monoisotopic (exact) mass is 612 g/mol. The molecule has 31 heavy (non-hydrogen) atoms. The van der Waals surface area contributed by atoms with E-state index in [0.717, 1.165) is 9.80 Å². The SMILES string of the molecule is NCCC(N(CCN(CC(=O)[O-])CC(=O)O)CCN(CC(=O)[O-])CC(=O)O)P(O)O.[Gd+3]. The van der Waals surface area contributed by atoms with Crippen molar-refractivity contribution < 1.29 is 89.3 Å². The number of hydrogen-bond acceptors (Lipinski definition) is 12. The fraction of sp³-hybridized carbons (Fsp3) is 0.733. The van der Waals surface area contributed by atoms with Crippen LogP contribution in [0.15, 0.2) is 0 Å². The maximum Gasteiger partial charge on any atom is 3.00 e. The molecule has 0 rings (SSSR count). The Morgan fingerprint density at radius 1 is 0.806 bits per heavy atom. The molecule has 0 aliphatic rings. The van der Waals surface area contributed by atoms with Crippen LogP contribution in [-0.2, 0) is 19.2 Å². The fourth-order valence-corrected chi connectivity index (χ4v) is 3.62. The summed E-state index contributed by atoms with van der Waals surface area (Å²) in [6, 6.07) is 0. The second-order valence-corrected chi connectivity index (χ2v) is 7.60. The first-order valence-electron chi connectivity index (χ1n) is 8.85. The van der Waals surface area contributed by atoms with Crippen LogP contribution in [0.25, 0.3) is 0 Å². The van der Waals surface area contributed by atoms with Gasteiger partial charge >= 0.3 is 51.9 Å². The number of nitrogens with zero attached hydrogens (tertiary/aromatic N) is 3. The van der Waals surface area contributed by atoms with E-state index in [1.54, 1.807) is 0 Å². The second kappa shape index (κ2) is 17.9. The van der Waals surface area contributed by atoms with E-state index in [-0.39, 0.29) is 79.1 Å². The molecule has 0 heterocycles. The molecular formula is C15H27GdN4O10P+. The van der Waals surface area contributed by atoms with Crippen LogP contribution in [0.2, 0.25) is 0 Å². The van der Waals surface area contributed by atoms with Crippen molar-refractivity contribution >= 4 is 32.3 Å². The van der Waals surface area contributed by atoms with Crippen molar-refractivity contribution in [2.75, 3.05) is 58.9 Å². The summed E-state index contributed by atoms with van der Waals surface area (Å²) in [7, 11) is -2.52. The van der Waals surface area contributed by atoms with Gasteiger partial charge in [0.2, 0.25) is 0 Å². The van der Waals surface area contributed by atoms with Crippen molar-refractivity contribution in [2.45, 2.75) is 12.2 Å². The van der Waals surface area contributed by atoms with Crippen molar-refractivity contribution in [3.8, 4) is 0 Å². The summed E-state index contributed by atoms with van der Waals surface area (Å²) in [5, 5.41) is 39.5. The van der Waals surface area contributed by atoms with Gasteiger partial charge in [0.15, 0.2) is 8.38 Å². The number of rotatable bonds is 18. The van der Waals surface area contributed by atoms with Crippen LogP contribution in [0.5, 0.6) is 0 Å². The molecule has 0 saturated heterocycles. The normalized spacial score (nSPS) is 12.2. The van der Waals surface area contributed by atoms with E-state index in [0.29, 0.717) is 0 Å². The zero-order valence-electron chi connectivity index (χ0n) is 16.6. The van der Waals surface area contributed by atoms with Gasteiger partial charge in [0.25, 0.3) is 0 Å². The average molecular weight is 612 g/mol. The maximum absolute atomic E-state index is 10.9. The Balaban J connectivity index is 0. The van der Waals surface area contributed by atoms with Gasteiger partial charge in [-0.2, -0.15) is 0 Å². The third-order valence-corrected chi connectivity index (χ3v) is 5.06. The molecule has 0 saturated carbocycles. The van der Waals surface area contributed by atoms with Gasteiger partial charge in [0, 0.05) is 39.3 Å². The first kappa shape index (κ1) is 32.6. The summed E-state index contributed by atoms with van der Waals surface area (Å²) in [4.78, 5) is 66.5. The van der Waals surface area contributed by atoms with Crippen LogP contribution >= 0.6 is 8.38 Å². The first-order chi connectivity index (χ1) is 14.0. The van der Waals surface area contributed by atoms with Gasteiger partial charge in [0.1, 0.15) is 0 Å². The molecule has 0 amide bonds. The van der Waals surface area contributed by atoms with E-state index in [1.165, 1.54) is 4.90 Å². The minimum Gasteiger partial charge on any atom is -0.549 e. The van der Waals surface area contributed by atoms with E-state index >= 15 is 0 Å². The second-order valence-electron chi connectivity index (χ2n) is 6.37. The summed E-state index contributed by atoms with van der Waals surface area (Å²) in [6.07, 6.45) is 0.136. The van der Waals surface area contributed by atoms with E-state index < -0.39 is 64.2 Å². The molecule has 0 fully saturated rings. The van der Waals surface area contributed by atoms with Crippen molar-refractivity contribution in [1.29, 1.82) is 0 Å². The molecule has 0 aliphatic heterocycles. The number of nitrogens with two attached hydrogens (primary N) is 1. The first-order valence-corrected chi connectivity index (χ1v) is 10.2. The maximum atomic E-state index is 10.9. The topological polar surface area (TPSA) is 231 Å². The molecule has 0 aromatic carbocycles. The molecule has 14 nitrogen and oxygen atoms in total. The van der Waals surface area contributed by atoms with E-state index in [4.69, 9.17) is 15.9 Å². The number of hydrogen-bond donors (Lipinski definition) is 5. The van der Waals surface area contributed by atoms with E-state index in [1.807, 2.05) is 0 Å². The predicted octanol–water partition coefficient (Wildman–Crippen LogP) is -5.47. The summed E-state index contributed by atoms with van der Waals surface area (Å²) in [5.74, 6) is -6.39. The van der Waals surface area contributed by atoms with E-state index in [2.05, 4.69) is 0 Å². The standard InChI is InChI=1S/C15H29N4O10P.Gd/c16-2-1-11(30(28)29)19(5-3-17(7-12(20)21)8-13(22)23)6-4-18(9-14(24)25)10-15(26)27;/h11,28-29H,1-10,16H2,(H,20,21)(H,22,23)(H,24,25)(H,26,27);/q;+3/p-2. The Bertz CT molecular complexity index is 514. The minimum atomic E-state index is -2.52. The van der Waals surface area contributed by atoms with Crippen LogP contribution in [-0.4, -0.2) is 123 Å². The van der Waals surface area contributed by atoms with Gasteiger partial charge in [-0.3, -0.25) is 24.3 Å². The minimum absolute atomic E-state index is 0. The average Bonchev–Trinajstić information content (AvgIpc) is 2.57. The van der Waals surface area contributed by atoms with Crippen LogP contribution in [0.3, 0.4) is 0 Å². The summed E-state index contributed by atoms with van der Waals surface area (Å²) in [5.41, 5.74) is 5.49. The quantitative estimate of drug-likeness (QED) is 0.0911. The number of carboxylic acid groups (broad SMARTS) is 4. The molecule has 0 aromatic rings. The van der Waals surface area contributed by atoms with Crippen LogP contribution in [0, 0.1) is 39.9 Å². The Hall–Kier alpha value is -0.605. The van der Waals surface area contributed by atoms with Crippen molar-refractivity contribution in [2.24, 2.45) is 5.73 Å². The van der Waals surface area contributed by atoms with Crippen LogP contribution in [0.1, 0.15) is 6.42 Å². The largest absolute Gasteiger partial charge is 3.00 e. The Labute approximate surface area is 212 Å². The van der Waals surface area contributed by atoms with Gasteiger partial charge < -0.3 is 45.5 Å². The third-order valence-electron chi connectivity index (χ3n) is 3.94. The summed E-state index contributed by atoms with van der Waals surface area (Å²) < 4.78 is 0. The van der Waals surface area contributed by atoms with Gasteiger partial charge in [-0.1, -0.05) is 0 Å². The molecular weight excluding hydrogens is 584 g/mol. The molecule has 1 radical (unpaired) electrons. The van der Waals surface area contributed by atoms with Crippen molar-refractivity contribution in [1.82, 2.24) is 14.7 Å². The smallest absolute Gasteiger partial charge is 0.549 e. The summed E-state index contributed by atoms with van der Waals surface area (Å²) in [6.45, 7) is -2.65. The number of carbonyl (C=O) groups is 4. The molecule has 0 spiro atoms. The van der Waals surface area contributed by atoms with Gasteiger partial charge in [-0.15, -0.1) is 0 Å². The Kier molecular flexibility index (Phi) is 18.8. The number of aliphatic carboxylic acids is 4. The van der Waals surface area contributed by atoms with E-state index in [9.17, 15) is 39.2 Å². The zero-order chi connectivity index (χ0) is 23.3. The molecule has 6 N–H and O–H groups in total. The molecule has 0 bridgehead atoms. The molecule has 1 atom stereocenters. The molecule has 16 heteroatoms. The van der Waals surface area contributed by atoms with Crippen LogP contribution in [0.4, 0.5) is 0 Å².